The van der Waals surface area contributed by atoms with Crippen LogP contribution in [0, 0.1) is 0 Å². The molecule has 0 spiro atoms. The minimum atomic E-state index is -0.353. The summed E-state index contributed by atoms with van der Waals surface area (Å²) in [6.07, 6.45) is 4.97. The molecule has 3 aromatic rings. The van der Waals surface area contributed by atoms with Crippen molar-refractivity contribution in [1.29, 1.82) is 0 Å². The average molecular weight is 387 g/mol. The summed E-state index contributed by atoms with van der Waals surface area (Å²) in [5, 5.41) is 4.42. The molecular weight excluding hydrogens is 372 g/mol. The zero-order valence-electron chi connectivity index (χ0n) is 14.1. The zero-order chi connectivity index (χ0) is 18.7. The van der Waals surface area contributed by atoms with Gasteiger partial charge in [0.25, 0.3) is 5.91 Å². The Balaban J connectivity index is 1.76. The van der Waals surface area contributed by atoms with Crippen LogP contribution < -0.4 is 5.32 Å². The van der Waals surface area contributed by atoms with Crippen molar-refractivity contribution in [2.24, 2.45) is 7.05 Å². The normalized spacial score (nSPS) is 10.6. The number of carbonyl (C=O) groups is 2. The van der Waals surface area contributed by atoms with Gasteiger partial charge in [0.2, 0.25) is 0 Å². The summed E-state index contributed by atoms with van der Waals surface area (Å²) >= 11 is 7.58. The molecule has 132 valence electrons. The van der Waals surface area contributed by atoms with Gasteiger partial charge in [-0.2, -0.15) is 0 Å². The number of benzene rings is 1. The van der Waals surface area contributed by atoms with Crippen molar-refractivity contribution >= 4 is 40.7 Å². The molecule has 0 saturated heterocycles. The molecule has 0 radical (unpaired) electrons. The third-order valence-electron chi connectivity index (χ3n) is 3.56. The van der Waals surface area contributed by atoms with Gasteiger partial charge in [0, 0.05) is 36.9 Å². The van der Waals surface area contributed by atoms with Crippen LogP contribution in [-0.4, -0.2) is 26.2 Å². The molecule has 26 heavy (non-hydrogen) atoms. The standard InChI is InChI=1S/C18H15ClN4O2S/c1-11(24)12-4-3-5-14(8-12)22-16(25)13-9-15(19)17(21-10-13)26-18-20-6-7-23(18)2/h3-10H,1-2H3,(H,22,25). The van der Waals surface area contributed by atoms with E-state index in [-0.39, 0.29) is 11.7 Å². The number of amides is 1. The van der Waals surface area contributed by atoms with Gasteiger partial charge >= 0.3 is 0 Å². The van der Waals surface area contributed by atoms with Crippen molar-refractivity contribution in [3.8, 4) is 0 Å². The summed E-state index contributed by atoms with van der Waals surface area (Å²) in [4.78, 5) is 32.3. The van der Waals surface area contributed by atoms with E-state index in [0.717, 1.165) is 5.16 Å². The molecule has 6 nitrogen and oxygen atoms in total. The molecule has 8 heteroatoms. The highest BCUT2D eigenvalue weighted by atomic mass is 35.5. The van der Waals surface area contributed by atoms with E-state index in [1.165, 1.54) is 24.9 Å². The molecule has 0 fully saturated rings. The number of nitrogens with one attached hydrogen (secondary N) is 1. The van der Waals surface area contributed by atoms with E-state index >= 15 is 0 Å². The maximum Gasteiger partial charge on any atom is 0.257 e. The van der Waals surface area contributed by atoms with Crippen LogP contribution in [0.15, 0.2) is 59.1 Å². The predicted molar refractivity (Wildman–Crippen MR) is 101 cm³/mol. The Morgan fingerprint density at radius 1 is 1.19 bits per heavy atom. The van der Waals surface area contributed by atoms with Gasteiger partial charge in [-0.3, -0.25) is 9.59 Å². The maximum absolute atomic E-state index is 12.4. The first-order valence-electron chi connectivity index (χ1n) is 7.67. The number of carbonyl (C=O) groups excluding carboxylic acids is 2. The molecule has 2 heterocycles. The number of hydrogen-bond acceptors (Lipinski definition) is 5. The molecule has 2 aromatic heterocycles. The molecule has 0 atom stereocenters. The fourth-order valence-corrected chi connectivity index (χ4v) is 3.22. The molecule has 0 unspecified atom stereocenters. The van der Waals surface area contributed by atoms with Crippen LogP contribution in [0.4, 0.5) is 5.69 Å². The number of Topliss-reactive ketones (excluding diaryl/α,β-unsaturated/α-hetero) is 1. The Morgan fingerprint density at radius 3 is 2.65 bits per heavy atom. The first kappa shape index (κ1) is 18.2. The van der Waals surface area contributed by atoms with E-state index in [2.05, 4.69) is 15.3 Å². The lowest BCUT2D eigenvalue weighted by molar-refractivity contribution is 0.101. The van der Waals surface area contributed by atoms with Crippen molar-refractivity contribution in [2.75, 3.05) is 5.32 Å². The monoisotopic (exact) mass is 386 g/mol. The lowest BCUT2D eigenvalue weighted by Gasteiger charge is -2.08. The minimum absolute atomic E-state index is 0.0681. The number of rotatable bonds is 5. The number of imidazole rings is 1. The number of aryl methyl sites for hydroxylation is 1. The SMILES string of the molecule is CC(=O)c1cccc(NC(=O)c2cnc(Sc3nccn3C)c(Cl)c2)c1. The lowest BCUT2D eigenvalue weighted by Crippen LogP contribution is -2.12. The summed E-state index contributed by atoms with van der Waals surface area (Å²) in [6, 6.07) is 8.30. The van der Waals surface area contributed by atoms with Crippen molar-refractivity contribution in [3.05, 3.63) is 65.1 Å². The smallest absolute Gasteiger partial charge is 0.257 e. The fourth-order valence-electron chi connectivity index (χ4n) is 2.18. The van der Waals surface area contributed by atoms with Crippen LogP contribution in [0.2, 0.25) is 5.02 Å². The maximum atomic E-state index is 12.4. The Labute approximate surface area is 159 Å². The van der Waals surface area contributed by atoms with Crippen LogP contribution >= 0.6 is 23.4 Å². The highest BCUT2D eigenvalue weighted by Crippen LogP contribution is 2.30. The van der Waals surface area contributed by atoms with Gasteiger partial charge in [-0.25, -0.2) is 9.97 Å². The lowest BCUT2D eigenvalue weighted by atomic mass is 10.1. The van der Waals surface area contributed by atoms with E-state index in [1.54, 1.807) is 36.5 Å². The molecule has 0 aliphatic rings. The van der Waals surface area contributed by atoms with E-state index in [4.69, 9.17) is 11.6 Å². The number of nitrogens with zero attached hydrogens (tertiary/aromatic N) is 3. The second-order valence-electron chi connectivity index (χ2n) is 5.52. The minimum Gasteiger partial charge on any atom is -0.329 e. The van der Waals surface area contributed by atoms with Crippen LogP contribution in [0.25, 0.3) is 0 Å². The topological polar surface area (TPSA) is 76.9 Å². The second-order valence-corrected chi connectivity index (χ2v) is 6.89. The van der Waals surface area contributed by atoms with Gasteiger partial charge in [-0.05, 0) is 36.9 Å². The third kappa shape index (κ3) is 4.12. The Kier molecular flexibility index (Phi) is 5.39. The summed E-state index contributed by atoms with van der Waals surface area (Å²) in [5.41, 5.74) is 1.39. The Bertz CT molecular complexity index is 987. The average Bonchev–Trinajstić information content (AvgIpc) is 3.01. The predicted octanol–water partition coefficient (Wildman–Crippen LogP) is 4.07. The quantitative estimate of drug-likeness (QED) is 0.668. The molecule has 1 amide bonds. The fraction of sp³-hybridized carbons (Fsp3) is 0.111. The van der Waals surface area contributed by atoms with Crippen molar-refractivity contribution < 1.29 is 9.59 Å². The molecule has 0 aliphatic carbocycles. The zero-order valence-corrected chi connectivity index (χ0v) is 15.6. The van der Waals surface area contributed by atoms with Gasteiger partial charge in [-0.15, -0.1) is 0 Å². The van der Waals surface area contributed by atoms with Crippen LogP contribution in [0.1, 0.15) is 27.6 Å². The van der Waals surface area contributed by atoms with Gasteiger partial charge in [0.15, 0.2) is 10.9 Å². The Hall–Kier alpha value is -2.64. The third-order valence-corrected chi connectivity index (χ3v) is 5.06. The largest absolute Gasteiger partial charge is 0.329 e. The molecule has 1 N–H and O–H groups in total. The number of ketones is 1. The number of pyridine rings is 1. The van der Waals surface area contributed by atoms with Crippen molar-refractivity contribution in [3.63, 3.8) is 0 Å². The first-order valence-corrected chi connectivity index (χ1v) is 8.86. The van der Waals surface area contributed by atoms with Crippen LogP contribution in [0.3, 0.4) is 0 Å². The number of halogens is 1. The Morgan fingerprint density at radius 2 is 2.00 bits per heavy atom. The molecular formula is C18H15ClN4O2S. The number of anilines is 1. The van der Waals surface area contributed by atoms with Crippen molar-refractivity contribution in [1.82, 2.24) is 14.5 Å². The summed E-state index contributed by atoms with van der Waals surface area (Å²) in [6.45, 7) is 1.47. The van der Waals surface area contributed by atoms with Crippen LogP contribution in [0.5, 0.6) is 0 Å². The number of hydrogen-bond donors (Lipinski definition) is 1. The van der Waals surface area contributed by atoms with Gasteiger partial charge in [-0.1, -0.05) is 23.7 Å². The van der Waals surface area contributed by atoms with Gasteiger partial charge < -0.3 is 9.88 Å². The summed E-state index contributed by atoms with van der Waals surface area (Å²) < 4.78 is 1.85. The second kappa shape index (κ2) is 7.72. The molecule has 0 aliphatic heterocycles. The van der Waals surface area contributed by atoms with Crippen molar-refractivity contribution in [2.45, 2.75) is 17.1 Å². The van der Waals surface area contributed by atoms with Gasteiger partial charge in [0.05, 0.1) is 10.6 Å². The van der Waals surface area contributed by atoms with E-state index in [9.17, 15) is 9.59 Å². The van der Waals surface area contributed by atoms with E-state index < -0.39 is 0 Å². The molecule has 0 bridgehead atoms. The molecule has 1 aromatic carbocycles. The summed E-state index contributed by atoms with van der Waals surface area (Å²) in [5.74, 6) is -0.421. The van der Waals surface area contributed by atoms with Crippen LogP contribution in [-0.2, 0) is 7.05 Å². The van der Waals surface area contributed by atoms with E-state index in [0.29, 0.717) is 26.9 Å². The van der Waals surface area contributed by atoms with E-state index in [1.807, 2.05) is 17.8 Å². The summed E-state index contributed by atoms with van der Waals surface area (Å²) in [7, 11) is 1.88. The molecule has 3 rings (SSSR count). The van der Waals surface area contributed by atoms with Gasteiger partial charge in [0.1, 0.15) is 5.03 Å². The highest BCUT2D eigenvalue weighted by molar-refractivity contribution is 7.99. The number of aromatic nitrogens is 3. The highest BCUT2D eigenvalue weighted by Gasteiger charge is 2.13. The first-order chi connectivity index (χ1) is 12.4. The molecule has 0 saturated carbocycles.